The number of aromatic amines is 1. The van der Waals surface area contributed by atoms with E-state index in [9.17, 15) is 57.5 Å². The molecule has 2 rings (SSSR count). The Morgan fingerprint density at radius 3 is 0.912 bits per heavy atom. The molecule has 46 nitrogen and oxygen atoms in total. The largest absolute Gasteiger partial charge is 0.370 e. The molecule has 0 saturated heterocycles. The summed E-state index contributed by atoms with van der Waals surface area (Å²) < 4.78 is 0. The van der Waals surface area contributed by atoms with Crippen LogP contribution in [0.25, 0.3) is 10.9 Å². The number of rotatable bonds is 53. The first-order chi connectivity index (χ1) is 53.2. The fourth-order valence-electron chi connectivity index (χ4n) is 10.7. The van der Waals surface area contributed by atoms with Gasteiger partial charge >= 0.3 is 0 Å². The quantitative estimate of drug-likeness (QED) is 0.0127. The van der Waals surface area contributed by atoms with Crippen molar-refractivity contribution in [3.8, 4) is 0 Å². The molecule has 0 aliphatic rings. The minimum absolute atomic E-state index is 0.00157. The Morgan fingerprint density at radius 1 is 0.372 bits per heavy atom. The first-order valence-electron chi connectivity index (χ1n) is 36.5. The van der Waals surface area contributed by atoms with Gasteiger partial charge in [0.25, 0.3) is 0 Å². The third-order valence-electron chi connectivity index (χ3n) is 16.8. The van der Waals surface area contributed by atoms with E-state index in [1.54, 1.807) is 51.2 Å². The summed E-state index contributed by atoms with van der Waals surface area (Å²) in [4.78, 5) is 172. The Hall–Kier alpha value is -12.4. The molecule has 47 heteroatoms. The van der Waals surface area contributed by atoms with Crippen LogP contribution in [0.2, 0.25) is 0 Å². The number of carbonyl (C=O) groups excluding carboxylic acids is 12. The summed E-state index contributed by atoms with van der Waals surface area (Å²) in [5.41, 5.74) is 44.8. The Labute approximate surface area is 659 Å². The number of carbonyl (C=O) groups is 12. The highest BCUT2D eigenvalue weighted by Gasteiger charge is 2.36. The molecule has 0 spiro atoms. The number of H-pyrrole nitrogens is 1. The maximum absolute atomic E-state index is 15.0. The molecule has 0 bridgehead atoms. The minimum atomic E-state index is -1.61. The maximum atomic E-state index is 15.0. The van der Waals surface area contributed by atoms with Gasteiger partial charge in [-0.05, 0) is 108 Å². The number of guanidine groups is 7. The zero-order valence-electron chi connectivity index (χ0n) is 64.1. The number of primary amides is 1. The molecule has 0 unspecified atom stereocenters. The van der Waals surface area contributed by atoms with Crippen LogP contribution in [-0.2, 0) is 64.0 Å². The number of benzene rings is 1. The van der Waals surface area contributed by atoms with E-state index in [4.69, 9.17) is 83.7 Å². The van der Waals surface area contributed by atoms with Crippen LogP contribution in [0.1, 0.15) is 123 Å². The van der Waals surface area contributed by atoms with Crippen LogP contribution in [0.5, 0.6) is 0 Å². The van der Waals surface area contributed by atoms with E-state index in [-0.39, 0.29) is 148 Å². The lowest BCUT2D eigenvalue weighted by molar-refractivity contribution is -0.136. The van der Waals surface area contributed by atoms with Gasteiger partial charge in [-0.2, -0.15) is 12.6 Å². The molecule has 0 aliphatic carbocycles. The Balaban J connectivity index is 2.77. The van der Waals surface area contributed by atoms with Crippen molar-refractivity contribution in [1.29, 1.82) is 37.9 Å². The molecule has 12 amide bonds. The topological polar surface area (TPSA) is 812 Å². The Bertz CT molecular complexity index is 3610. The molecule has 0 saturated carbocycles. The number of nitrogens with two attached hydrogens (primary N) is 8. The van der Waals surface area contributed by atoms with Crippen LogP contribution < -0.4 is 142 Å². The normalized spacial score (nSPS) is 13.6. The van der Waals surface area contributed by atoms with Gasteiger partial charge in [0.1, 0.15) is 60.4 Å². The van der Waals surface area contributed by atoms with Crippen molar-refractivity contribution in [3.05, 3.63) is 36.0 Å². The lowest BCUT2D eigenvalue weighted by Crippen LogP contribution is -2.61. The van der Waals surface area contributed by atoms with Gasteiger partial charge in [-0.3, -0.25) is 95.4 Å². The van der Waals surface area contributed by atoms with Gasteiger partial charge in [0.05, 0.1) is 6.54 Å². The van der Waals surface area contributed by atoms with Crippen molar-refractivity contribution in [3.63, 3.8) is 0 Å². The third kappa shape index (κ3) is 40.2. The summed E-state index contributed by atoms with van der Waals surface area (Å²) >= 11 is 4.15. The van der Waals surface area contributed by atoms with Crippen molar-refractivity contribution >= 4 is 136 Å². The number of hydrogen-bond donors (Lipinski definition) is 35. The predicted molar refractivity (Wildman–Crippen MR) is 427 cm³/mol. The number of fused-ring (bicyclic) bond motifs is 1. The lowest BCUT2D eigenvalue weighted by atomic mass is 9.95. The number of amides is 12. The summed E-state index contributed by atoms with van der Waals surface area (Å²) in [6.07, 6.45) is 0.187. The van der Waals surface area contributed by atoms with E-state index in [0.29, 0.717) is 16.5 Å². The van der Waals surface area contributed by atoms with Crippen LogP contribution in [0.4, 0.5) is 0 Å². The van der Waals surface area contributed by atoms with Crippen molar-refractivity contribution in [2.24, 2.45) is 51.3 Å². The second-order valence-corrected chi connectivity index (χ2v) is 27.7. The van der Waals surface area contributed by atoms with E-state index in [1.165, 1.54) is 6.92 Å². The van der Waals surface area contributed by atoms with Crippen molar-refractivity contribution in [1.82, 2.24) is 101 Å². The Morgan fingerprint density at radius 2 is 0.637 bits per heavy atom. The van der Waals surface area contributed by atoms with E-state index in [0.717, 1.165) is 0 Å². The molecule has 113 heavy (non-hydrogen) atoms. The van der Waals surface area contributed by atoms with Gasteiger partial charge < -0.3 is 147 Å². The number of thiol groups is 1. The first-order valence-corrected chi connectivity index (χ1v) is 37.2. The van der Waals surface area contributed by atoms with Crippen LogP contribution in [0.3, 0.4) is 0 Å². The molecule has 0 aliphatic heterocycles. The molecule has 630 valence electrons. The van der Waals surface area contributed by atoms with E-state index < -0.39 is 185 Å². The van der Waals surface area contributed by atoms with Gasteiger partial charge in [-0.15, -0.1) is 0 Å². The summed E-state index contributed by atoms with van der Waals surface area (Å²) in [7, 11) is 0. The predicted octanol–water partition coefficient (Wildman–Crippen LogP) is -9.00. The highest BCUT2D eigenvalue weighted by atomic mass is 32.1. The summed E-state index contributed by atoms with van der Waals surface area (Å²) in [6.45, 7) is 5.56. The standard InChI is InChI=1S/C66H118N34O12S/c1-34(91-58(112)66(2,3)4)49(103)90-32-47(101)92-38(16-7-23-82-59(68)69)50(104)93-39(17-8-24-83-60(70)71)51(105)94-40(18-9-25-84-61(72)73)52(106)95-41(19-10-26-85-62(74)75)53(107)96-42(20-11-27-86-63(76)77)54(108)97-43(21-12-28-87-64(78)79)55(109)98-44(22-13-29-88-65(80)81)56(110)99-45(57(111)100-46(33-113)48(67)102)30-35-31-89-37-15-6-5-14-36(35)37/h5-6,14-15,31,34,38-46,89,113H,7-13,16-30,32-33H2,1-4H3,(H2,67,102)(H,90,103)(H,91,112)(H,92,101)(H,93,104)(H,94,105)(H,95,106)(H,96,107)(H,97,108)(H,98,109)(H,99,110)(H,100,111)(H4,68,69,82)(H4,70,71,83)(H4,72,73,84)(H4,74,75,85)(H4,76,77,86)(H4,78,79,87)(H4,80,81,88)/t34-,38+,39+,40+,41+,42+,43+,44+,45+,46+/m0/s1. The van der Waals surface area contributed by atoms with Gasteiger partial charge in [-0.25, -0.2) is 0 Å². The molecule has 1 aromatic carbocycles. The van der Waals surface area contributed by atoms with Gasteiger partial charge in [-0.1, -0.05) is 39.0 Å². The molecular formula is C66H118N34O12S. The van der Waals surface area contributed by atoms with E-state index in [1.807, 2.05) is 0 Å². The first kappa shape index (κ1) is 96.7. The molecule has 1 heterocycles. The molecule has 1 aromatic heterocycles. The molecule has 0 fully saturated rings. The Kier molecular flexibility index (Phi) is 43.8. The summed E-state index contributed by atoms with van der Waals surface area (Å²) in [6, 6.07) is -7.54. The van der Waals surface area contributed by atoms with Crippen LogP contribution in [-0.4, -0.2) is 236 Å². The minimum Gasteiger partial charge on any atom is -0.370 e. The molecule has 42 N–H and O–H groups in total. The highest BCUT2D eigenvalue weighted by molar-refractivity contribution is 7.80. The zero-order chi connectivity index (χ0) is 84.9. The molecular weight excluding hydrogens is 1490 g/mol. The number of nitrogens with one attached hydrogen (secondary N) is 26. The summed E-state index contributed by atoms with van der Waals surface area (Å²) in [5.74, 6) is -13.9. The van der Waals surface area contributed by atoms with Crippen molar-refractivity contribution in [2.45, 2.75) is 184 Å². The lowest BCUT2D eigenvalue weighted by Gasteiger charge is -2.28. The number of para-hydroxylation sites is 1. The van der Waals surface area contributed by atoms with Crippen molar-refractivity contribution < 1.29 is 57.5 Å². The number of aromatic nitrogens is 1. The maximum Gasteiger partial charge on any atom is 0.243 e. The van der Waals surface area contributed by atoms with Gasteiger partial charge in [0.2, 0.25) is 70.9 Å². The monoisotopic (exact) mass is 1610 g/mol. The van der Waals surface area contributed by atoms with Gasteiger partial charge in [0, 0.05) is 80.5 Å². The highest BCUT2D eigenvalue weighted by Crippen LogP contribution is 2.20. The van der Waals surface area contributed by atoms with Crippen LogP contribution >= 0.6 is 12.6 Å². The van der Waals surface area contributed by atoms with Gasteiger partial charge in [0.15, 0.2) is 41.7 Å². The number of hydrogen-bond acceptors (Lipinski definition) is 20. The zero-order valence-corrected chi connectivity index (χ0v) is 65.0. The molecule has 10 atom stereocenters. The van der Waals surface area contributed by atoms with E-state index in [2.05, 4.69) is 113 Å². The fourth-order valence-corrected chi connectivity index (χ4v) is 11.0. The fraction of sp³-hybridized carbons (Fsp3) is 0.591. The van der Waals surface area contributed by atoms with E-state index >= 15 is 0 Å². The average Bonchev–Trinajstić information content (AvgIpc) is 1.40. The van der Waals surface area contributed by atoms with Crippen molar-refractivity contribution in [2.75, 3.05) is 58.1 Å². The molecule has 0 radical (unpaired) electrons. The SMILES string of the molecule is C[C@H](NC(=O)C(C)(C)C)C(=O)NCC(=O)N[C@H](CCCNC(=N)N)C(=O)N[C@H](CCCNC(=N)N)C(=O)N[C@H](CCCNC(=N)N)C(=O)N[C@H](CCCNC(=N)N)C(=O)N[C@H](CCCNC(=N)N)C(=O)N[C@H](CCCNC(=N)N)C(=O)N[C@H](CCCNC(=N)N)C(=O)N[C@H](Cc1c[nH]c2ccccc12)C(=O)N[C@H](CS)C(N)=O. The smallest absolute Gasteiger partial charge is 0.243 e. The van der Waals surface area contributed by atoms with Crippen LogP contribution in [0, 0.1) is 43.3 Å². The van der Waals surface area contributed by atoms with Crippen LogP contribution in [0.15, 0.2) is 30.5 Å². The molecule has 2 aromatic rings. The summed E-state index contributed by atoms with van der Waals surface area (Å²) in [5, 5.41) is 101. The average molecular weight is 1610 g/mol. The second-order valence-electron chi connectivity index (χ2n) is 27.3. The third-order valence-corrected chi connectivity index (χ3v) is 17.1. The second kappa shape index (κ2) is 51.2.